The second-order valence-corrected chi connectivity index (χ2v) is 5.56. The van der Waals surface area contributed by atoms with E-state index < -0.39 is 4.92 Å². The molecular weight excluding hydrogens is 252 g/mol. The Labute approximate surface area is 107 Å². The van der Waals surface area contributed by atoms with Crippen LogP contribution in [0.25, 0.3) is 11.4 Å². The monoisotopic (exact) mass is 262 g/mol. The van der Waals surface area contributed by atoms with E-state index in [0.29, 0.717) is 11.1 Å². The van der Waals surface area contributed by atoms with E-state index in [4.69, 9.17) is 0 Å². The zero-order valence-electron chi connectivity index (χ0n) is 9.61. The van der Waals surface area contributed by atoms with Crippen molar-refractivity contribution in [2.24, 2.45) is 0 Å². The van der Waals surface area contributed by atoms with Crippen LogP contribution in [-0.4, -0.2) is 24.9 Å². The number of nitro benzene ring substituents is 1. The molecule has 0 aliphatic carbocycles. The largest absolute Gasteiger partial charge is 0.301 e. The molecule has 18 heavy (non-hydrogen) atoms. The van der Waals surface area contributed by atoms with Gasteiger partial charge in [-0.15, -0.1) is 10.2 Å². The topological polar surface area (TPSA) is 73.8 Å². The van der Waals surface area contributed by atoms with Gasteiger partial charge in [0.05, 0.1) is 4.92 Å². The molecule has 3 rings (SSSR count). The standard InChI is InChI=1S/C11H10N4O2S/c1-7-6-14-10(12-13-11(14)18-7)8-3-2-4-9(5-8)15(16)17/h2-5,7H,6H2,1H3. The molecule has 1 aromatic carbocycles. The molecule has 92 valence electrons. The van der Waals surface area contributed by atoms with Gasteiger partial charge >= 0.3 is 0 Å². The zero-order valence-corrected chi connectivity index (χ0v) is 10.4. The molecule has 0 N–H and O–H groups in total. The zero-order chi connectivity index (χ0) is 12.7. The van der Waals surface area contributed by atoms with Gasteiger partial charge in [0.2, 0.25) is 0 Å². The number of nitro groups is 1. The van der Waals surface area contributed by atoms with Gasteiger partial charge in [0, 0.05) is 29.5 Å². The van der Waals surface area contributed by atoms with E-state index >= 15 is 0 Å². The van der Waals surface area contributed by atoms with Crippen molar-refractivity contribution in [2.45, 2.75) is 23.9 Å². The van der Waals surface area contributed by atoms with Gasteiger partial charge in [-0.05, 0) is 0 Å². The SMILES string of the molecule is CC1Cn2c(nnc2-c2cccc([N+](=O)[O-])c2)S1. The van der Waals surface area contributed by atoms with Gasteiger partial charge in [0.15, 0.2) is 11.0 Å². The molecule has 6 nitrogen and oxygen atoms in total. The van der Waals surface area contributed by atoms with E-state index in [0.717, 1.165) is 17.3 Å². The molecule has 2 aromatic rings. The maximum atomic E-state index is 10.8. The normalized spacial score (nSPS) is 17.7. The van der Waals surface area contributed by atoms with Crippen LogP contribution in [0, 0.1) is 10.1 Å². The van der Waals surface area contributed by atoms with Crippen molar-refractivity contribution in [2.75, 3.05) is 0 Å². The Morgan fingerprint density at radius 2 is 2.33 bits per heavy atom. The third-order valence-corrected chi connectivity index (χ3v) is 3.84. The molecule has 1 unspecified atom stereocenters. The van der Waals surface area contributed by atoms with Gasteiger partial charge in [0.1, 0.15) is 0 Å². The maximum absolute atomic E-state index is 10.8. The van der Waals surface area contributed by atoms with Crippen LogP contribution < -0.4 is 0 Å². The average molecular weight is 262 g/mol. The first-order valence-corrected chi connectivity index (χ1v) is 6.38. The number of rotatable bonds is 2. The van der Waals surface area contributed by atoms with Crippen molar-refractivity contribution in [3.63, 3.8) is 0 Å². The summed E-state index contributed by atoms with van der Waals surface area (Å²) in [5, 5.41) is 20.3. The Kier molecular flexibility index (Phi) is 2.55. The predicted molar refractivity (Wildman–Crippen MR) is 67.4 cm³/mol. The molecule has 1 atom stereocenters. The molecule has 0 spiro atoms. The van der Waals surface area contributed by atoms with Crippen molar-refractivity contribution in [3.05, 3.63) is 34.4 Å². The van der Waals surface area contributed by atoms with E-state index in [1.54, 1.807) is 17.8 Å². The van der Waals surface area contributed by atoms with Crippen molar-refractivity contribution < 1.29 is 4.92 Å². The van der Waals surface area contributed by atoms with Crippen LogP contribution >= 0.6 is 11.8 Å². The molecule has 0 radical (unpaired) electrons. The number of hydrogen-bond donors (Lipinski definition) is 0. The minimum Gasteiger partial charge on any atom is -0.301 e. The summed E-state index contributed by atoms with van der Waals surface area (Å²) < 4.78 is 2.01. The van der Waals surface area contributed by atoms with Gasteiger partial charge in [-0.1, -0.05) is 30.8 Å². The molecule has 0 fully saturated rings. The van der Waals surface area contributed by atoms with Gasteiger partial charge in [-0.3, -0.25) is 10.1 Å². The van der Waals surface area contributed by atoms with Crippen LogP contribution in [0.15, 0.2) is 29.4 Å². The third kappa shape index (κ3) is 1.76. The van der Waals surface area contributed by atoms with Crippen LogP contribution in [0.4, 0.5) is 5.69 Å². The fraction of sp³-hybridized carbons (Fsp3) is 0.273. The Balaban J connectivity index is 2.06. The minimum absolute atomic E-state index is 0.0727. The first-order chi connectivity index (χ1) is 8.65. The van der Waals surface area contributed by atoms with Crippen molar-refractivity contribution in [3.8, 4) is 11.4 Å². The Hall–Kier alpha value is -1.89. The minimum atomic E-state index is -0.401. The van der Waals surface area contributed by atoms with Crippen molar-refractivity contribution >= 4 is 17.4 Å². The average Bonchev–Trinajstić information content (AvgIpc) is 2.87. The summed E-state index contributed by atoms with van der Waals surface area (Å²) in [7, 11) is 0. The lowest BCUT2D eigenvalue weighted by atomic mass is 10.2. The maximum Gasteiger partial charge on any atom is 0.270 e. The molecule has 0 amide bonds. The third-order valence-electron chi connectivity index (χ3n) is 2.78. The molecule has 0 saturated heterocycles. The van der Waals surface area contributed by atoms with Gasteiger partial charge < -0.3 is 4.57 Å². The molecule has 2 heterocycles. The highest BCUT2D eigenvalue weighted by Gasteiger charge is 2.24. The number of non-ortho nitro benzene ring substituents is 1. The first kappa shape index (κ1) is 11.2. The number of hydrogen-bond acceptors (Lipinski definition) is 5. The molecule has 1 aliphatic heterocycles. The summed E-state index contributed by atoms with van der Waals surface area (Å²) in [6.45, 7) is 2.96. The number of aromatic nitrogens is 3. The van der Waals surface area contributed by atoms with Crippen LogP contribution in [-0.2, 0) is 6.54 Å². The molecular formula is C11H10N4O2S. The predicted octanol–water partition coefficient (Wildman–Crippen LogP) is 2.35. The van der Waals surface area contributed by atoms with E-state index in [2.05, 4.69) is 17.1 Å². The number of benzene rings is 1. The summed E-state index contributed by atoms with van der Waals surface area (Å²) in [5.74, 6) is 0.700. The highest BCUT2D eigenvalue weighted by Crippen LogP contribution is 2.34. The van der Waals surface area contributed by atoms with E-state index in [1.165, 1.54) is 12.1 Å². The van der Waals surface area contributed by atoms with Gasteiger partial charge in [0.25, 0.3) is 5.69 Å². The lowest BCUT2D eigenvalue weighted by molar-refractivity contribution is -0.384. The van der Waals surface area contributed by atoms with Gasteiger partial charge in [-0.25, -0.2) is 0 Å². The van der Waals surface area contributed by atoms with Gasteiger partial charge in [-0.2, -0.15) is 0 Å². The Bertz CT molecular complexity index is 625. The Morgan fingerprint density at radius 3 is 3.11 bits per heavy atom. The quantitative estimate of drug-likeness (QED) is 0.613. The fourth-order valence-electron chi connectivity index (χ4n) is 1.99. The second-order valence-electron chi connectivity index (χ2n) is 4.15. The molecule has 1 aliphatic rings. The molecule has 0 bridgehead atoms. The van der Waals surface area contributed by atoms with Crippen molar-refractivity contribution in [1.82, 2.24) is 14.8 Å². The molecule has 1 aromatic heterocycles. The molecule has 7 heteroatoms. The number of nitrogens with zero attached hydrogens (tertiary/aromatic N) is 4. The lowest BCUT2D eigenvalue weighted by Gasteiger charge is -2.03. The van der Waals surface area contributed by atoms with Crippen LogP contribution in [0.5, 0.6) is 0 Å². The van der Waals surface area contributed by atoms with Crippen LogP contribution in [0.2, 0.25) is 0 Å². The summed E-state index contributed by atoms with van der Waals surface area (Å²) in [5.41, 5.74) is 0.807. The highest BCUT2D eigenvalue weighted by molar-refractivity contribution is 7.99. The Morgan fingerprint density at radius 1 is 1.50 bits per heavy atom. The second kappa shape index (κ2) is 4.09. The smallest absolute Gasteiger partial charge is 0.270 e. The van der Waals surface area contributed by atoms with E-state index in [9.17, 15) is 10.1 Å². The summed E-state index contributed by atoms with van der Waals surface area (Å²) in [6.07, 6.45) is 0. The van der Waals surface area contributed by atoms with Crippen LogP contribution in [0.1, 0.15) is 6.92 Å². The fourth-order valence-corrected chi connectivity index (χ4v) is 2.95. The van der Waals surface area contributed by atoms with E-state index in [1.807, 2.05) is 10.6 Å². The number of thioether (sulfide) groups is 1. The summed E-state index contributed by atoms with van der Waals surface area (Å²) in [4.78, 5) is 10.4. The summed E-state index contributed by atoms with van der Waals surface area (Å²) >= 11 is 1.67. The lowest BCUT2D eigenvalue weighted by Crippen LogP contribution is -2.03. The van der Waals surface area contributed by atoms with Crippen LogP contribution in [0.3, 0.4) is 0 Å². The highest BCUT2D eigenvalue weighted by atomic mass is 32.2. The molecule has 0 saturated carbocycles. The van der Waals surface area contributed by atoms with E-state index in [-0.39, 0.29) is 5.69 Å². The van der Waals surface area contributed by atoms with Crippen molar-refractivity contribution in [1.29, 1.82) is 0 Å². The first-order valence-electron chi connectivity index (χ1n) is 5.50. The summed E-state index contributed by atoms with van der Waals surface area (Å²) in [6, 6.07) is 6.49. The number of fused-ring (bicyclic) bond motifs is 1.